The van der Waals surface area contributed by atoms with Gasteiger partial charge < -0.3 is 10.0 Å². The zero-order chi connectivity index (χ0) is 11.5. The monoisotopic (exact) mass is 219 g/mol. The van der Waals surface area contributed by atoms with Crippen molar-refractivity contribution < 1.29 is 9.90 Å². The number of hydrogen-bond acceptors (Lipinski definition) is 2. The van der Waals surface area contributed by atoms with E-state index in [1.807, 2.05) is 25.2 Å². The van der Waals surface area contributed by atoms with Crippen molar-refractivity contribution in [2.75, 3.05) is 13.6 Å². The molecule has 0 saturated heterocycles. The molecule has 1 saturated carbocycles. The summed E-state index contributed by atoms with van der Waals surface area (Å²) in [5, 5.41) is 8.81. The maximum Gasteiger partial charge on any atom is 0.306 e. The Bertz CT molecular complexity index is 363. The first-order valence-electron chi connectivity index (χ1n) is 5.62. The predicted octanol–water partition coefficient (Wildman–Crippen LogP) is 1.84. The van der Waals surface area contributed by atoms with E-state index in [1.54, 1.807) is 0 Å². The Hall–Kier alpha value is -1.35. The zero-order valence-corrected chi connectivity index (χ0v) is 9.47. The van der Waals surface area contributed by atoms with Crippen LogP contribution in [0.2, 0.25) is 0 Å². The minimum Gasteiger partial charge on any atom is -0.481 e. The lowest BCUT2D eigenvalue weighted by Gasteiger charge is -2.16. The van der Waals surface area contributed by atoms with Gasteiger partial charge in [0.1, 0.15) is 0 Å². The van der Waals surface area contributed by atoms with E-state index in [9.17, 15) is 4.79 Å². The van der Waals surface area contributed by atoms with Crippen LogP contribution in [0.25, 0.3) is 0 Å². The fourth-order valence-corrected chi connectivity index (χ4v) is 2.11. The van der Waals surface area contributed by atoms with Crippen molar-refractivity contribution in [2.24, 2.45) is 11.8 Å². The van der Waals surface area contributed by atoms with Gasteiger partial charge in [0.15, 0.2) is 0 Å². The molecule has 2 atom stereocenters. The Morgan fingerprint density at radius 1 is 1.44 bits per heavy atom. The molecule has 16 heavy (non-hydrogen) atoms. The third-order valence-corrected chi connectivity index (χ3v) is 3.08. The van der Waals surface area contributed by atoms with Gasteiger partial charge in [-0.3, -0.25) is 4.79 Å². The lowest BCUT2D eigenvalue weighted by Crippen LogP contribution is -2.21. The van der Waals surface area contributed by atoms with E-state index in [-0.39, 0.29) is 5.92 Å². The molecule has 0 aromatic heterocycles. The molecule has 0 spiro atoms. The molecule has 1 aromatic carbocycles. The third-order valence-electron chi connectivity index (χ3n) is 3.08. The lowest BCUT2D eigenvalue weighted by molar-refractivity contribution is -0.138. The fourth-order valence-electron chi connectivity index (χ4n) is 2.11. The van der Waals surface area contributed by atoms with Crippen LogP contribution < -0.4 is 0 Å². The van der Waals surface area contributed by atoms with Gasteiger partial charge in [-0.1, -0.05) is 30.3 Å². The van der Waals surface area contributed by atoms with E-state index in [2.05, 4.69) is 17.0 Å². The second kappa shape index (κ2) is 4.66. The highest BCUT2D eigenvalue weighted by Crippen LogP contribution is 2.39. The average Bonchev–Trinajstić information content (AvgIpc) is 2.98. The first-order valence-corrected chi connectivity index (χ1v) is 5.62. The van der Waals surface area contributed by atoms with Gasteiger partial charge in [0, 0.05) is 13.1 Å². The maximum atomic E-state index is 10.7. The van der Waals surface area contributed by atoms with Gasteiger partial charge >= 0.3 is 5.97 Å². The van der Waals surface area contributed by atoms with Crippen LogP contribution in [0.1, 0.15) is 12.0 Å². The summed E-state index contributed by atoms with van der Waals surface area (Å²) in [6.07, 6.45) is 0.842. The van der Waals surface area contributed by atoms with Crippen molar-refractivity contribution in [2.45, 2.75) is 13.0 Å². The number of carboxylic acid groups (broad SMARTS) is 1. The summed E-state index contributed by atoms with van der Waals surface area (Å²) in [4.78, 5) is 12.9. The number of aliphatic carboxylic acids is 1. The first-order chi connectivity index (χ1) is 7.66. The molecule has 1 aromatic rings. The molecule has 3 heteroatoms. The molecule has 2 unspecified atom stereocenters. The number of hydrogen-bond donors (Lipinski definition) is 1. The van der Waals surface area contributed by atoms with E-state index in [4.69, 9.17) is 5.11 Å². The second-order valence-electron chi connectivity index (χ2n) is 4.62. The average molecular weight is 219 g/mol. The normalized spacial score (nSPS) is 23.4. The highest BCUT2D eigenvalue weighted by atomic mass is 16.4. The van der Waals surface area contributed by atoms with Crippen LogP contribution >= 0.6 is 0 Å². The van der Waals surface area contributed by atoms with Gasteiger partial charge in [-0.15, -0.1) is 0 Å². The molecule has 2 rings (SSSR count). The van der Waals surface area contributed by atoms with Crippen LogP contribution in [-0.4, -0.2) is 29.6 Å². The smallest absolute Gasteiger partial charge is 0.306 e. The number of carbonyl (C=O) groups is 1. The summed E-state index contributed by atoms with van der Waals surface area (Å²) in [5.74, 6) is -0.387. The summed E-state index contributed by atoms with van der Waals surface area (Å²) in [6, 6.07) is 10.3. The number of carboxylic acids is 1. The molecule has 1 aliphatic carbocycles. The molecule has 3 nitrogen and oxygen atoms in total. The Labute approximate surface area is 95.7 Å². The van der Waals surface area contributed by atoms with Crippen molar-refractivity contribution >= 4 is 5.97 Å². The Morgan fingerprint density at radius 2 is 2.12 bits per heavy atom. The molecule has 0 aliphatic heterocycles. The summed E-state index contributed by atoms with van der Waals surface area (Å²) in [5.41, 5.74) is 1.28. The third kappa shape index (κ3) is 2.83. The summed E-state index contributed by atoms with van der Waals surface area (Å²) >= 11 is 0. The summed E-state index contributed by atoms with van der Waals surface area (Å²) in [6.45, 7) is 1.77. The Kier molecular flexibility index (Phi) is 3.25. The van der Waals surface area contributed by atoms with E-state index in [0.29, 0.717) is 5.92 Å². The summed E-state index contributed by atoms with van der Waals surface area (Å²) < 4.78 is 0. The van der Waals surface area contributed by atoms with Crippen LogP contribution in [0.5, 0.6) is 0 Å². The van der Waals surface area contributed by atoms with Gasteiger partial charge in [-0.2, -0.15) is 0 Å². The number of nitrogens with zero attached hydrogens (tertiary/aromatic N) is 1. The molecular formula is C13H17NO2. The predicted molar refractivity (Wildman–Crippen MR) is 62.0 cm³/mol. The van der Waals surface area contributed by atoms with E-state index >= 15 is 0 Å². The van der Waals surface area contributed by atoms with Crippen molar-refractivity contribution in [3.63, 3.8) is 0 Å². The standard InChI is InChI=1S/C13H17NO2/c1-14(8-10-5-3-2-4-6-10)9-11-7-12(11)13(15)16/h2-6,11-12H,7-9H2,1H3,(H,15,16). The molecule has 1 fully saturated rings. The van der Waals surface area contributed by atoms with Crippen LogP contribution in [0.3, 0.4) is 0 Å². The van der Waals surface area contributed by atoms with Crippen molar-refractivity contribution in [3.8, 4) is 0 Å². The summed E-state index contributed by atoms with van der Waals surface area (Å²) in [7, 11) is 2.05. The van der Waals surface area contributed by atoms with Crippen molar-refractivity contribution in [1.82, 2.24) is 4.90 Å². The molecule has 86 valence electrons. The quantitative estimate of drug-likeness (QED) is 0.821. The maximum absolute atomic E-state index is 10.7. The first kappa shape index (κ1) is 11.1. The molecular weight excluding hydrogens is 202 g/mol. The molecule has 0 bridgehead atoms. The number of benzene rings is 1. The minimum absolute atomic E-state index is 0.0989. The van der Waals surface area contributed by atoms with E-state index in [0.717, 1.165) is 19.5 Å². The molecule has 0 heterocycles. The van der Waals surface area contributed by atoms with E-state index in [1.165, 1.54) is 5.56 Å². The molecule has 1 aliphatic rings. The van der Waals surface area contributed by atoms with Crippen LogP contribution in [0.4, 0.5) is 0 Å². The Morgan fingerprint density at radius 3 is 2.69 bits per heavy atom. The topological polar surface area (TPSA) is 40.5 Å². The van der Waals surface area contributed by atoms with Gasteiger partial charge in [-0.05, 0) is 24.9 Å². The minimum atomic E-state index is -0.641. The van der Waals surface area contributed by atoms with Crippen molar-refractivity contribution in [3.05, 3.63) is 35.9 Å². The van der Waals surface area contributed by atoms with Crippen molar-refractivity contribution in [1.29, 1.82) is 0 Å². The number of rotatable bonds is 5. The SMILES string of the molecule is CN(Cc1ccccc1)CC1CC1C(=O)O. The fraction of sp³-hybridized carbons (Fsp3) is 0.462. The van der Waals surface area contributed by atoms with Crippen LogP contribution in [-0.2, 0) is 11.3 Å². The molecule has 0 amide bonds. The van der Waals surface area contributed by atoms with Crippen LogP contribution in [0.15, 0.2) is 30.3 Å². The van der Waals surface area contributed by atoms with Gasteiger partial charge in [0.2, 0.25) is 0 Å². The largest absolute Gasteiger partial charge is 0.481 e. The Balaban J connectivity index is 1.78. The lowest BCUT2D eigenvalue weighted by atomic mass is 10.2. The van der Waals surface area contributed by atoms with Gasteiger partial charge in [-0.25, -0.2) is 0 Å². The second-order valence-corrected chi connectivity index (χ2v) is 4.62. The highest BCUT2D eigenvalue weighted by molar-refractivity contribution is 5.73. The highest BCUT2D eigenvalue weighted by Gasteiger charge is 2.43. The zero-order valence-electron chi connectivity index (χ0n) is 9.47. The molecule has 0 radical (unpaired) electrons. The van der Waals surface area contributed by atoms with Crippen LogP contribution in [0, 0.1) is 11.8 Å². The van der Waals surface area contributed by atoms with Gasteiger partial charge in [0.25, 0.3) is 0 Å². The van der Waals surface area contributed by atoms with Gasteiger partial charge in [0.05, 0.1) is 5.92 Å². The van der Waals surface area contributed by atoms with E-state index < -0.39 is 5.97 Å². The molecule has 1 N–H and O–H groups in total.